The fourth-order valence-corrected chi connectivity index (χ4v) is 3.80. The quantitative estimate of drug-likeness (QED) is 0.673. The van der Waals surface area contributed by atoms with Crippen molar-refractivity contribution in [1.29, 1.82) is 0 Å². The van der Waals surface area contributed by atoms with Gasteiger partial charge in [0.1, 0.15) is 0 Å². The van der Waals surface area contributed by atoms with Gasteiger partial charge in [-0.1, -0.05) is 12.1 Å². The van der Waals surface area contributed by atoms with Crippen molar-refractivity contribution in [3.8, 4) is 0 Å². The molecule has 6 heteroatoms. The SMILES string of the molecule is COC(=O)c1c(N)cccc1CS(=O)C1CCOCC1. The fraction of sp³-hybridized carbons (Fsp3) is 0.500. The summed E-state index contributed by atoms with van der Waals surface area (Å²) in [6.07, 6.45) is 1.59. The Bertz CT molecular complexity index is 512. The number of methoxy groups -OCH3 is 1. The molecule has 0 aromatic heterocycles. The molecule has 0 aliphatic carbocycles. The molecular weight excluding hydrogens is 278 g/mol. The van der Waals surface area contributed by atoms with Gasteiger partial charge >= 0.3 is 5.97 Å². The molecule has 0 radical (unpaired) electrons. The summed E-state index contributed by atoms with van der Waals surface area (Å²) in [5.41, 5.74) is 7.20. The number of ether oxygens (including phenoxy) is 2. The fourth-order valence-electron chi connectivity index (χ4n) is 2.30. The smallest absolute Gasteiger partial charge is 0.340 e. The summed E-state index contributed by atoms with van der Waals surface area (Å²) in [4.78, 5) is 11.8. The minimum absolute atomic E-state index is 0.121. The molecule has 110 valence electrons. The Morgan fingerprint density at radius 2 is 2.15 bits per heavy atom. The van der Waals surface area contributed by atoms with Crippen LogP contribution in [0.15, 0.2) is 18.2 Å². The average Bonchev–Trinajstić information content (AvgIpc) is 2.47. The molecule has 1 aromatic rings. The van der Waals surface area contributed by atoms with Crippen LogP contribution in [0.5, 0.6) is 0 Å². The van der Waals surface area contributed by atoms with E-state index in [1.165, 1.54) is 7.11 Å². The van der Waals surface area contributed by atoms with Crippen molar-refractivity contribution >= 4 is 22.5 Å². The lowest BCUT2D eigenvalue weighted by Crippen LogP contribution is -2.26. The third-order valence-corrected chi connectivity index (χ3v) is 5.22. The topological polar surface area (TPSA) is 78.6 Å². The maximum atomic E-state index is 12.4. The first kappa shape index (κ1) is 15.0. The lowest BCUT2D eigenvalue weighted by atomic mass is 10.1. The molecule has 1 aromatic carbocycles. The van der Waals surface area contributed by atoms with E-state index < -0.39 is 16.8 Å². The highest BCUT2D eigenvalue weighted by Gasteiger charge is 2.23. The molecule has 0 bridgehead atoms. The van der Waals surface area contributed by atoms with E-state index in [1.807, 2.05) is 0 Å². The summed E-state index contributed by atoms with van der Waals surface area (Å²) in [6.45, 7) is 1.30. The Balaban J connectivity index is 2.18. The van der Waals surface area contributed by atoms with Gasteiger partial charge in [-0.2, -0.15) is 0 Å². The van der Waals surface area contributed by atoms with Gasteiger partial charge in [0.05, 0.1) is 12.7 Å². The predicted octanol–water partition coefficient (Wildman–Crippen LogP) is 1.48. The van der Waals surface area contributed by atoms with E-state index in [0.29, 0.717) is 35.8 Å². The standard InChI is InChI=1S/C14H19NO4S/c1-18-14(16)13-10(3-2-4-12(13)15)9-20(17)11-5-7-19-8-6-11/h2-4,11H,5-9,15H2,1H3. The highest BCUT2D eigenvalue weighted by atomic mass is 32.2. The molecule has 1 aliphatic rings. The molecule has 0 spiro atoms. The van der Waals surface area contributed by atoms with Crippen molar-refractivity contribution in [3.05, 3.63) is 29.3 Å². The summed E-state index contributed by atoms with van der Waals surface area (Å²) in [6, 6.07) is 5.19. The van der Waals surface area contributed by atoms with Gasteiger partial charge in [0.25, 0.3) is 0 Å². The third-order valence-electron chi connectivity index (χ3n) is 3.41. The predicted molar refractivity (Wildman–Crippen MR) is 77.9 cm³/mol. The number of benzene rings is 1. The molecular formula is C14H19NO4S. The molecule has 2 rings (SSSR count). The normalized spacial score (nSPS) is 17.6. The summed E-state index contributed by atoms with van der Waals surface area (Å²) < 4.78 is 22.4. The number of carbonyl (C=O) groups is 1. The second-order valence-electron chi connectivity index (χ2n) is 4.71. The molecule has 5 nitrogen and oxygen atoms in total. The van der Waals surface area contributed by atoms with Crippen LogP contribution >= 0.6 is 0 Å². The average molecular weight is 297 g/mol. The van der Waals surface area contributed by atoms with E-state index in [4.69, 9.17) is 15.2 Å². The molecule has 1 atom stereocenters. The van der Waals surface area contributed by atoms with E-state index >= 15 is 0 Å². The molecule has 20 heavy (non-hydrogen) atoms. The minimum atomic E-state index is -1.04. The Morgan fingerprint density at radius 1 is 1.45 bits per heavy atom. The van der Waals surface area contributed by atoms with Crippen molar-refractivity contribution in [2.24, 2.45) is 0 Å². The zero-order valence-electron chi connectivity index (χ0n) is 11.5. The number of anilines is 1. The molecule has 1 aliphatic heterocycles. The third kappa shape index (κ3) is 3.37. The zero-order valence-corrected chi connectivity index (χ0v) is 12.3. The monoisotopic (exact) mass is 297 g/mol. The van der Waals surface area contributed by atoms with Crippen LogP contribution in [-0.4, -0.2) is 35.8 Å². The van der Waals surface area contributed by atoms with Crippen molar-refractivity contribution in [2.75, 3.05) is 26.1 Å². The molecule has 2 N–H and O–H groups in total. The van der Waals surface area contributed by atoms with E-state index in [9.17, 15) is 9.00 Å². The number of nitrogen functional groups attached to an aromatic ring is 1. The van der Waals surface area contributed by atoms with Crippen LogP contribution in [0.25, 0.3) is 0 Å². The lowest BCUT2D eigenvalue weighted by molar-refractivity contribution is 0.0601. The first-order chi connectivity index (χ1) is 9.63. The van der Waals surface area contributed by atoms with Crippen LogP contribution in [0, 0.1) is 0 Å². The Morgan fingerprint density at radius 3 is 2.80 bits per heavy atom. The van der Waals surface area contributed by atoms with Crippen LogP contribution in [0.1, 0.15) is 28.8 Å². The highest BCUT2D eigenvalue weighted by molar-refractivity contribution is 7.84. The van der Waals surface area contributed by atoms with Crippen LogP contribution < -0.4 is 5.73 Å². The molecule has 1 unspecified atom stereocenters. The van der Waals surface area contributed by atoms with E-state index in [-0.39, 0.29) is 5.25 Å². The number of nitrogens with two attached hydrogens (primary N) is 1. The van der Waals surface area contributed by atoms with Crippen molar-refractivity contribution in [1.82, 2.24) is 0 Å². The van der Waals surface area contributed by atoms with Gasteiger partial charge in [-0.25, -0.2) is 4.79 Å². The molecule has 1 saturated heterocycles. The summed E-state index contributed by atoms with van der Waals surface area (Å²) in [5.74, 6) is -0.165. The highest BCUT2D eigenvalue weighted by Crippen LogP contribution is 2.23. The second kappa shape index (κ2) is 6.85. The van der Waals surface area contributed by atoms with Crippen LogP contribution in [-0.2, 0) is 26.0 Å². The van der Waals surface area contributed by atoms with Gasteiger partial charge in [-0.15, -0.1) is 0 Å². The molecule has 1 fully saturated rings. The van der Waals surface area contributed by atoms with Crippen molar-refractivity contribution < 1.29 is 18.5 Å². The molecule has 1 heterocycles. The van der Waals surface area contributed by atoms with E-state index in [1.54, 1.807) is 18.2 Å². The summed E-state index contributed by atoms with van der Waals surface area (Å²) >= 11 is 0. The van der Waals surface area contributed by atoms with Crippen LogP contribution in [0.2, 0.25) is 0 Å². The van der Waals surface area contributed by atoms with Crippen LogP contribution in [0.3, 0.4) is 0 Å². The van der Waals surface area contributed by atoms with Gasteiger partial charge < -0.3 is 15.2 Å². The molecule has 0 amide bonds. The first-order valence-electron chi connectivity index (χ1n) is 6.54. The van der Waals surface area contributed by atoms with E-state index in [2.05, 4.69) is 0 Å². The zero-order chi connectivity index (χ0) is 14.5. The van der Waals surface area contributed by atoms with E-state index in [0.717, 1.165) is 12.8 Å². The number of hydrogen-bond donors (Lipinski definition) is 1. The van der Waals surface area contributed by atoms with Gasteiger partial charge in [-0.3, -0.25) is 4.21 Å². The van der Waals surface area contributed by atoms with Crippen molar-refractivity contribution in [2.45, 2.75) is 23.8 Å². The second-order valence-corrected chi connectivity index (χ2v) is 6.43. The number of hydrogen-bond acceptors (Lipinski definition) is 5. The maximum absolute atomic E-state index is 12.4. The number of carbonyl (C=O) groups excluding carboxylic acids is 1. The Hall–Kier alpha value is -1.40. The van der Waals surface area contributed by atoms with Gasteiger partial charge in [0, 0.05) is 40.7 Å². The first-order valence-corrected chi connectivity index (χ1v) is 7.92. The Kier molecular flexibility index (Phi) is 5.14. The summed E-state index contributed by atoms with van der Waals surface area (Å²) in [7, 11) is 0.276. The van der Waals surface area contributed by atoms with Gasteiger partial charge in [0.2, 0.25) is 0 Å². The lowest BCUT2D eigenvalue weighted by Gasteiger charge is -2.22. The summed E-state index contributed by atoms with van der Waals surface area (Å²) in [5, 5.41) is 0.121. The van der Waals surface area contributed by atoms with Gasteiger partial charge in [-0.05, 0) is 24.5 Å². The number of esters is 1. The van der Waals surface area contributed by atoms with Crippen molar-refractivity contribution in [3.63, 3.8) is 0 Å². The maximum Gasteiger partial charge on any atom is 0.340 e. The van der Waals surface area contributed by atoms with Crippen LogP contribution in [0.4, 0.5) is 5.69 Å². The van der Waals surface area contributed by atoms with Gasteiger partial charge in [0.15, 0.2) is 0 Å². The molecule has 0 saturated carbocycles. The Labute approximate surface area is 120 Å². The largest absolute Gasteiger partial charge is 0.465 e. The minimum Gasteiger partial charge on any atom is -0.465 e. The number of rotatable bonds is 4.